The van der Waals surface area contributed by atoms with Crippen LogP contribution in [-0.4, -0.2) is 12.8 Å². The van der Waals surface area contributed by atoms with E-state index in [0.717, 1.165) is 0 Å². The Bertz CT molecular complexity index is 241. The maximum absolute atomic E-state index is 4.99. The smallest absolute Gasteiger partial charge is 0.106 e. The van der Waals surface area contributed by atoms with E-state index in [1.807, 2.05) is 0 Å². The molecule has 0 bridgehead atoms. The third kappa shape index (κ3) is 1.79. The fraction of sp³-hybridized carbons (Fsp3) is 0.917. The molecule has 0 aliphatic heterocycles. The van der Waals surface area contributed by atoms with Gasteiger partial charge in [0.05, 0.1) is 5.71 Å². The highest BCUT2D eigenvalue weighted by Gasteiger charge is 2.45. The molecule has 2 heteroatoms. The van der Waals surface area contributed by atoms with Gasteiger partial charge in [-0.1, -0.05) is 39.8 Å². The summed E-state index contributed by atoms with van der Waals surface area (Å²) < 4.78 is 0. The molecule has 14 heavy (non-hydrogen) atoms. The van der Waals surface area contributed by atoms with Crippen LogP contribution in [-0.2, 0) is 4.84 Å². The topological polar surface area (TPSA) is 21.6 Å². The molecule has 2 nitrogen and oxygen atoms in total. The summed E-state index contributed by atoms with van der Waals surface area (Å²) >= 11 is 0. The molecule has 1 aliphatic rings. The van der Waals surface area contributed by atoms with Crippen LogP contribution in [0.1, 0.15) is 47.5 Å². The summed E-state index contributed by atoms with van der Waals surface area (Å²) in [6, 6.07) is 0. The van der Waals surface area contributed by atoms with Gasteiger partial charge in [0, 0.05) is 10.8 Å². The van der Waals surface area contributed by atoms with Crippen molar-refractivity contribution >= 4 is 5.71 Å². The van der Waals surface area contributed by atoms with E-state index in [0.29, 0.717) is 5.92 Å². The Kier molecular flexibility index (Phi) is 2.93. The number of nitrogens with zero attached hydrogens (tertiary/aromatic N) is 1. The summed E-state index contributed by atoms with van der Waals surface area (Å²) in [5.41, 5.74) is 1.57. The number of hydrogen-bond acceptors (Lipinski definition) is 2. The van der Waals surface area contributed by atoms with E-state index in [1.54, 1.807) is 7.11 Å². The van der Waals surface area contributed by atoms with E-state index >= 15 is 0 Å². The monoisotopic (exact) mass is 197 g/mol. The maximum atomic E-state index is 4.99. The minimum Gasteiger partial charge on any atom is -0.399 e. The Morgan fingerprint density at radius 2 is 1.86 bits per heavy atom. The minimum absolute atomic E-state index is 0.164. The van der Waals surface area contributed by atoms with Crippen LogP contribution >= 0.6 is 0 Å². The van der Waals surface area contributed by atoms with Crippen molar-refractivity contribution in [2.24, 2.45) is 21.9 Å². The van der Waals surface area contributed by atoms with Gasteiger partial charge in [-0.2, -0.15) is 0 Å². The van der Waals surface area contributed by atoms with Crippen molar-refractivity contribution in [1.29, 1.82) is 0 Å². The van der Waals surface area contributed by atoms with E-state index in [4.69, 9.17) is 4.84 Å². The van der Waals surface area contributed by atoms with Crippen LogP contribution in [0.5, 0.6) is 0 Å². The molecule has 0 amide bonds. The Balaban J connectivity index is 3.07. The molecule has 0 radical (unpaired) electrons. The second kappa shape index (κ2) is 3.56. The summed E-state index contributed by atoms with van der Waals surface area (Å²) in [6.45, 7) is 11.4. The Morgan fingerprint density at radius 1 is 1.29 bits per heavy atom. The molecule has 0 saturated heterocycles. The summed E-state index contributed by atoms with van der Waals surface area (Å²) in [6.07, 6.45) is 2.49. The van der Waals surface area contributed by atoms with E-state index in [9.17, 15) is 0 Å². The zero-order chi connectivity index (χ0) is 11.0. The van der Waals surface area contributed by atoms with Gasteiger partial charge in [0.15, 0.2) is 0 Å². The lowest BCUT2D eigenvalue weighted by Gasteiger charge is -2.45. The van der Waals surface area contributed by atoms with Crippen molar-refractivity contribution in [2.45, 2.75) is 47.5 Å². The molecule has 0 aromatic heterocycles. The van der Waals surface area contributed by atoms with Crippen molar-refractivity contribution < 1.29 is 4.84 Å². The highest BCUT2D eigenvalue weighted by atomic mass is 16.6. The second-order valence-electron chi connectivity index (χ2n) is 5.67. The van der Waals surface area contributed by atoms with Crippen LogP contribution in [0.15, 0.2) is 5.16 Å². The average molecular weight is 197 g/mol. The first-order chi connectivity index (χ1) is 6.32. The van der Waals surface area contributed by atoms with Crippen molar-refractivity contribution in [3.8, 4) is 0 Å². The molecule has 1 fully saturated rings. The molecule has 1 rings (SSSR count). The van der Waals surface area contributed by atoms with Crippen LogP contribution in [0.3, 0.4) is 0 Å². The quantitative estimate of drug-likeness (QED) is 0.590. The van der Waals surface area contributed by atoms with Gasteiger partial charge in [-0.15, -0.1) is 0 Å². The van der Waals surface area contributed by atoms with Gasteiger partial charge in [-0.05, 0) is 18.8 Å². The maximum Gasteiger partial charge on any atom is 0.106 e. The molecule has 82 valence electrons. The van der Waals surface area contributed by atoms with Gasteiger partial charge < -0.3 is 4.84 Å². The largest absolute Gasteiger partial charge is 0.399 e. The first kappa shape index (κ1) is 11.5. The van der Waals surface area contributed by atoms with E-state index in [1.165, 1.54) is 18.6 Å². The third-order valence-electron chi connectivity index (χ3n) is 3.87. The Morgan fingerprint density at radius 3 is 2.36 bits per heavy atom. The minimum atomic E-state index is 0.164. The summed E-state index contributed by atoms with van der Waals surface area (Å²) in [5.74, 6) is 0.685. The molecule has 1 atom stereocenters. The van der Waals surface area contributed by atoms with Crippen molar-refractivity contribution in [3.05, 3.63) is 0 Å². The van der Waals surface area contributed by atoms with Gasteiger partial charge in [-0.25, -0.2) is 0 Å². The van der Waals surface area contributed by atoms with Gasteiger partial charge >= 0.3 is 0 Å². The third-order valence-corrected chi connectivity index (χ3v) is 3.87. The number of hydrogen-bond donors (Lipinski definition) is 0. The van der Waals surface area contributed by atoms with Crippen molar-refractivity contribution in [1.82, 2.24) is 0 Å². The molecule has 0 heterocycles. The van der Waals surface area contributed by atoms with Crippen LogP contribution in [0, 0.1) is 16.7 Å². The zero-order valence-corrected chi connectivity index (χ0v) is 10.3. The predicted molar refractivity (Wildman–Crippen MR) is 60.4 cm³/mol. The SMILES string of the molecule is CO/N=C1\C(C)(C)CCC(C)C1(C)C. The lowest BCUT2D eigenvalue weighted by Crippen LogP contribution is -2.45. The molecule has 0 aromatic rings. The molecule has 0 spiro atoms. The lowest BCUT2D eigenvalue weighted by atomic mass is 9.59. The second-order valence-corrected chi connectivity index (χ2v) is 5.67. The molecular weight excluding hydrogens is 174 g/mol. The Hall–Kier alpha value is -0.530. The van der Waals surface area contributed by atoms with E-state index < -0.39 is 0 Å². The first-order valence-corrected chi connectivity index (χ1v) is 5.44. The standard InChI is InChI=1S/C12H23NO/c1-9-7-8-11(2,3)10(13-14-6)12(9,4)5/h9H,7-8H2,1-6H3/b13-10+. The molecular formula is C12H23NO. The van der Waals surface area contributed by atoms with Crippen LogP contribution in [0.4, 0.5) is 0 Å². The molecule has 0 aromatic carbocycles. The molecule has 1 saturated carbocycles. The van der Waals surface area contributed by atoms with Crippen molar-refractivity contribution in [2.75, 3.05) is 7.11 Å². The number of oxime groups is 1. The Labute approximate surface area is 87.7 Å². The lowest BCUT2D eigenvalue weighted by molar-refractivity contribution is 0.168. The summed E-state index contributed by atoms with van der Waals surface area (Å²) in [5, 5.41) is 4.26. The van der Waals surface area contributed by atoms with E-state index in [-0.39, 0.29) is 10.8 Å². The van der Waals surface area contributed by atoms with Crippen LogP contribution in [0.2, 0.25) is 0 Å². The zero-order valence-electron chi connectivity index (χ0n) is 10.3. The fourth-order valence-corrected chi connectivity index (χ4v) is 2.49. The summed E-state index contributed by atoms with van der Waals surface area (Å²) in [4.78, 5) is 4.99. The van der Waals surface area contributed by atoms with Crippen LogP contribution in [0.25, 0.3) is 0 Å². The molecule has 0 N–H and O–H groups in total. The van der Waals surface area contributed by atoms with Gasteiger partial charge in [0.25, 0.3) is 0 Å². The number of rotatable bonds is 1. The highest BCUT2D eigenvalue weighted by Crippen LogP contribution is 2.46. The average Bonchev–Trinajstić information content (AvgIpc) is 2.07. The molecule has 1 unspecified atom stereocenters. The van der Waals surface area contributed by atoms with E-state index in [2.05, 4.69) is 39.8 Å². The first-order valence-electron chi connectivity index (χ1n) is 5.44. The molecule has 1 aliphatic carbocycles. The summed E-state index contributed by atoms with van der Waals surface area (Å²) in [7, 11) is 1.64. The fourth-order valence-electron chi connectivity index (χ4n) is 2.49. The van der Waals surface area contributed by atoms with Gasteiger partial charge in [0.1, 0.15) is 7.11 Å². The van der Waals surface area contributed by atoms with Gasteiger partial charge in [-0.3, -0.25) is 0 Å². The van der Waals surface area contributed by atoms with Crippen molar-refractivity contribution in [3.63, 3.8) is 0 Å². The predicted octanol–water partition coefficient (Wildman–Crippen LogP) is 3.47. The normalized spacial score (nSPS) is 33.0. The van der Waals surface area contributed by atoms with Crippen LogP contribution < -0.4 is 0 Å². The van der Waals surface area contributed by atoms with Gasteiger partial charge in [0.2, 0.25) is 0 Å². The highest BCUT2D eigenvalue weighted by molar-refractivity contribution is 5.94.